The van der Waals surface area contributed by atoms with Crippen molar-refractivity contribution in [2.75, 3.05) is 19.4 Å². The Kier molecular flexibility index (Phi) is 9.79. The molecule has 4 unspecified atom stereocenters. The standard InChI is InChI=1S/C18H29NO2S.C2H6/c1-5-18(20)14(3)19-11-15(10-13(19)2)12-21-16-6-8-17(22-4)9-7-16;1-2/h6-9,13-15,18,20H,5,10-12H2,1-4H3;1-2H3. The molecule has 2 rings (SSSR count). The highest BCUT2D eigenvalue weighted by molar-refractivity contribution is 7.98. The van der Waals surface area contributed by atoms with Crippen molar-refractivity contribution in [1.29, 1.82) is 0 Å². The lowest BCUT2D eigenvalue weighted by Gasteiger charge is -2.31. The van der Waals surface area contributed by atoms with Crippen LogP contribution in [-0.4, -0.2) is 47.6 Å². The summed E-state index contributed by atoms with van der Waals surface area (Å²) >= 11 is 1.74. The molecule has 1 heterocycles. The molecule has 1 aromatic carbocycles. The van der Waals surface area contributed by atoms with Crippen LogP contribution in [0, 0.1) is 5.92 Å². The third-order valence-electron chi connectivity index (χ3n) is 4.75. The Labute approximate surface area is 152 Å². The molecule has 1 aromatic rings. The van der Waals surface area contributed by atoms with Crippen molar-refractivity contribution in [2.45, 2.75) is 70.5 Å². The lowest BCUT2D eigenvalue weighted by atomic mass is 10.1. The highest BCUT2D eigenvalue weighted by Gasteiger charge is 2.34. The zero-order chi connectivity index (χ0) is 18.1. The molecule has 1 aliphatic heterocycles. The molecule has 24 heavy (non-hydrogen) atoms. The molecule has 0 saturated carbocycles. The first-order valence-electron chi connectivity index (χ1n) is 9.25. The Morgan fingerprint density at radius 2 is 1.92 bits per heavy atom. The number of hydrogen-bond acceptors (Lipinski definition) is 4. The second kappa shape index (κ2) is 11.0. The van der Waals surface area contributed by atoms with Crippen LogP contribution in [0.2, 0.25) is 0 Å². The molecule has 0 amide bonds. The van der Waals surface area contributed by atoms with Gasteiger partial charge in [0.25, 0.3) is 0 Å². The van der Waals surface area contributed by atoms with Gasteiger partial charge in [0.1, 0.15) is 5.75 Å². The van der Waals surface area contributed by atoms with Crippen molar-refractivity contribution < 1.29 is 9.84 Å². The van der Waals surface area contributed by atoms with Gasteiger partial charge in [0.05, 0.1) is 12.7 Å². The van der Waals surface area contributed by atoms with E-state index in [1.54, 1.807) is 11.8 Å². The van der Waals surface area contributed by atoms with Crippen molar-refractivity contribution >= 4 is 11.8 Å². The second-order valence-electron chi connectivity index (χ2n) is 6.35. The summed E-state index contributed by atoms with van der Waals surface area (Å²) in [4.78, 5) is 3.69. The molecule has 0 aliphatic carbocycles. The summed E-state index contributed by atoms with van der Waals surface area (Å²) in [5, 5.41) is 10.1. The van der Waals surface area contributed by atoms with Crippen LogP contribution < -0.4 is 4.74 Å². The molecular formula is C20H35NO2S. The average Bonchev–Trinajstić information content (AvgIpc) is 3.01. The van der Waals surface area contributed by atoms with Gasteiger partial charge in [-0.15, -0.1) is 11.8 Å². The van der Waals surface area contributed by atoms with Gasteiger partial charge in [-0.25, -0.2) is 0 Å². The number of thioether (sulfide) groups is 1. The summed E-state index contributed by atoms with van der Waals surface area (Å²) in [6.45, 7) is 12.2. The van der Waals surface area contributed by atoms with Crippen LogP contribution in [0.4, 0.5) is 0 Å². The summed E-state index contributed by atoms with van der Waals surface area (Å²) < 4.78 is 5.95. The van der Waals surface area contributed by atoms with Gasteiger partial charge in [0.2, 0.25) is 0 Å². The molecule has 1 N–H and O–H groups in total. The molecule has 1 fully saturated rings. The molecule has 138 valence electrons. The molecule has 3 nitrogen and oxygen atoms in total. The number of nitrogens with zero attached hydrogens (tertiary/aromatic N) is 1. The van der Waals surface area contributed by atoms with E-state index >= 15 is 0 Å². The van der Waals surface area contributed by atoms with E-state index in [4.69, 9.17) is 4.74 Å². The predicted octanol–water partition coefficient (Wildman–Crippen LogP) is 4.68. The summed E-state index contributed by atoms with van der Waals surface area (Å²) in [5.41, 5.74) is 0. The summed E-state index contributed by atoms with van der Waals surface area (Å²) in [6.07, 6.45) is 3.80. The van der Waals surface area contributed by atoms with E-state index in [1.807, 2.05) is 32.9 Å². The maximum Gasteiger partial charge on any atom is 0.119 e. The van der Waals surface area contributed by atoms with Crippen molar-refractivity contribution in [3.05, 3.63) is 24.3 Å². The summed E-state index contributed by atoms with van der Waals surface area (Å²) in [7, 11) is 0. The fraction of sp³-hybridized carbons (Fsp3) is 0.700. The minimum absolute atomic E-state index is 0.228. The SMILES string of the molecule is CC.CCC(O)C(C)N1CC(COc2ccc(SC)cc2)CC1C. The van der Waals surface area contributed by atoms with E-state index in [0.29, 0.717) is 12.0 Å². The molecular weight excluding hydrogens is 318 g/mol. The normalized spacial score (nSPS) is 23.3. The van der Waals surface area contributed by atoms with Crippen LogP contribution in [-0.2, 0) is 0 Å². The minimum atomic E-state index is -0.235. The van der Waals surface area contributed by atoms with E-state index in [1.165, 1.54) is 4.90 Å². The van der Waals surface area contributed by atoms with Gasteiger partial charge >= 0.3 is 0 Å². The zero-order valence-electron chi connectivity index (χ0n) is 16.2. The van der Waals surface area contributed by atoms with Crippen molar-refractivity contribution in [3.63, 3.8) is 0 Å². The fourth-order valence-corrected chi connectivity index (χ4v) is 3.72. The van der Waals surface area contributed by atoms with Gasteiger partial charge in [-0.2, -0.15) is 0 Å². The number of rotatable bonds is 7. The minimum Gasteiger partial charge on any atom is -0.493 e. The molecule has 0 bridgehead atoms. The Balaban J connectivity index is 0.00000139. The first-order valence-corrected chi connectivity index (χ1v) is 10.5. The highest BCUT2D eigenvalue weighted by atomic mass is 32.2. The fourth-order valence-electron chi connectivity index (χ4n) is 3.31. The van der Waals surface area contributed by atoms with E-state index < -0.39 is 0 Å². The van der Waals surface area contributed by atoms with Gasteiger partial charge in [0, 0.05) is 29.4 Å². The van der Waals surface area contributed by atoms with Crippen LogP contribution in [0.1, 0.15) is 47.5 Å². The molecule has 1 saturated heterocycles. The quantitative estimate of drug-likeness (QED) is 0.721. The maximum atomic E-state index is 10.1. The maximum absolute atomic E-state index is 10.1. The Morgan fingerprint density at radius 3 is 2.46 bits per heavy atom. The smallest absolute Gasteiger partial charge is 0.119 e. The molecule has 0 radical (unpaired) electrons. The third kappa shape index (κ3) is 5.98. The number of aliphatic hydroxyl groups is 1. The molecule has 0 aromatic heterocycles. The molecule has 4 atom stereocenters. The number of likely N-dealkylation sites (tertiary alicyclic amines) is 1. The number of hydrogen-bond donors (Lipinski definition) is 1. The Hall–Kier alpha value is -0.710. The average molecular weight is 354 g/mol. The molecule has 1 aliphatic rings. The van der Waals surface area contributed by atoms with Crippen LogP contribution >= 0.6 is 11.8 Å². The zero-order valence-corrected chi connectivity index (χ0v) is 17.0. The van der Waals surface area contributed by atoms with Gasteiger partial charge in [-0.05, 0) is 57.2 Å². The monoisotopic (exact) mass is 353 g/mol. The Bertz CT molecular complexity index is 451. The largest absolute Gasteiger partial charge is 0.493 e. The van der Waals surface area contributed by atoms with Crippen molar-refractivity contribution in [2.24, 2.45) is 5.92 Å². The second-order valence-corrected chi connectivity index (χ2v) is 7.23. The molecule has 4 heteroatoms. The van der Waals surface area contributed by atoms with Gasteiger partial charge in [0.15, 0.2) is 0 Å². The van der Waals surface area contributed by atoms with Crippen LogP contribution in [0.5, 0.6) is 5.75 Å². The van der Waals surface area contributed by atoms with E-state index in [9.17, 15) is 5.11 Å². The van der Waals surface area contributed by atoms with Crippen LogP contribution in [0.25, 0.3) is 0 Å². The van der Waals surface area contributed by atoms with Crippen LogP contribution in [0.3, 0.4) is 0 Å². The highest BCUT2D eigenvalue weighted by Crippen LogP contribution is 2.28. The third-order valence-corrected chi connectivity index (χ3v) is 5.50. The number of aliphatic hydroxyl groups excluding tert-OH is 1. The van der Waals surface area contributed by atoms with Gasteiger partial charge in [-0.1, -0.05) is 20.8 Å². The topological polar surface area (TPSA) is 32.7 Å². The summed E-state index contributed by atoms with van der Waals surface area (Å²) in [5.74, 6) is 1.49. The lowest BCUT2D eigenvalue weighted by molar-refractivity contribution is 0.0501. The first-order chi connectivity index (χ1) is 11.5. The van der Waals surface area contributed by atoms with Crippen LogP contribution in [0.15, 0.2) is 29.2 Å². The lowest BCUT2D eigenvalue weighted by Crippen LogP contribution is -2.43. The first kappa shape index (κ1) is 21.3. The summed E-state index contributed by atoms with van der Waals surface area (Å²) in [6, 6.07) is 9.04. The predicted molar refractivity (Wildman–Crippen MR) is 105 cm³/mol. The van der Waals surface area contributed by atoms with Crippen molar-refractivity contribution in [3.8, 4) is 5.75 Å². The van der Waals surface area contributed by atoms with E-state index in [0.717, 1.165) is 31.7 Å². The number of ether oxygens (including phenoxy) is 1. The van der Waals surface area contributed by atoms with E-state index in [2.05, 4.69) is 37.1 Å². The number of benzene rings is 1. The van der Waals surface area contributed by atoms with Crippen molar-refractivity contribution in [1.82, 2.24) is 4.90 Å². The van der Waals surface area contributed by atoms with Gasteiger partial charge < -0.3 is 9.84 Å². The van der Waals surface area contributed by atoms with Gasteiger partial charge in [-0.3, -0.25) is 4.90 Å². The Morgan fingerprint density at radius 1 is 1.29 bits per heavy atom. The molecule has 0 spiro atoms. The van der Waals surface area contributed by atoms with E-state index in [-0.39, 0.29) is 12.1 Å².